The normalized spacial score (nSPS) is 10.8. The number of Topliss-reactive ketones (excluding diaryl/α,β-unsaturated/α-hetero) is 1. The number of carbonyl (C=O) groups is 2. The average Bonchev–Trinajstić information content (AvgIpc) is 2.63. The summed E-state index contributed by atoms with van der Waals surface area (Å²) in [5.74, 6) is -0.0465. The molecule has 7 heteroatoms. The van der Waals surface area contributed by atoms with Crippen molar-refractivity contribution in [1.82, 2.24) is 9.80 Å². The Morgan fingerprint density at radius 3 is 2.39 bits per heavy atom. The third-order valence-electron chi connectivity index (χ3n) is 4.20. The summed E-state index contributed by atoms with van der Waals surface area (Å²) in [4.78, 5) is 28.3. The van der Waals surface area contributed by atoms with Crippen molar-refractivity contribution in [2.45, 2.75) is 19.9 Å². The molecule has 150 valence electrons. The van der Waals surface area contributed by atoms with Crippen molar-refractivity contribution in [3.8, 4) is 0 Å². The lowest BCUT2D eigenvalue weighted by Crippen LogP contribution is -2.36. The van der Waals surface area contributed by atoms with Crippen LogP contribution in [0.4, 0.5) is 10.5 Å². The number of nitrogens with zero attached hydrogens (tertiary/aromatic N) is 2. The Labute approximate surface area is 176 Å². The van der Waals surface area contributed by atoms with Gasteiger partial charge in [-0.3, -0.25) is 4.79 Å². The highest BCUT2D eigenvalue weighted by atomic mass is 35.5. The van der Waals surface area contributed by atoms with Crippen LogP contribution in [0.5, 0.6) is 0 Å². The number of ketones is 1. The Morgan fingerprint density at radius 2 is 1.75 bits per heavy atom. The summed E-state index contributed by atoms with van der Waals surface area (Å²) in [6.07, 6.45) is 0.829. The van der Waals surface area contributed by atoms with Gasteiger partial charge in [-0.25, -0.2) is 4.79 Å². The SMILES string of the molecule is CC(=O)c1cccc(NC(=O)N(CCCN(C)C)Cc2ccc(Cl)c(Cl)c2)c1. The first-order valence-electron chi connectivity index (χ1n) is 9.02. The summed E-state index contributed by atoms with van der Waals surface area (Å²) in [5.41, 5.74) is 2.04. The summed E-state index contributed by atoms with van der Waals surface area (Å²) >= 11 is 12.1. The largest absolute Gasteiger partial charge is 0.322 e. The van der Waals surface area contributed by atoms with Gasteiger partial charge in [0.1, 0.15) is 0 Å². The molecule has 5 nitrogen and oxygen atoms in total. The first-order chi connectivity index (χ1) is 13.3. The van der Waals surface area contributed by atoms with E-state index in [2.05, 4.69) is 10.2 Å². The van der Waals surface area contributed by atoms with Gasteiger partial charge in [0.25, 0.3) is 0 Å². The monoisotopic (exact) mass is 421 g/mol. The number of rotatable bonds is 8. The second-order valence-electron chi connectivity index (χ2n) is 6.89. The first kappa shape index (κ1) is 22.2. The van der Waals surface area contributed by atoms with Crippen molar-refractivity contribution in [2.75, 3.05) is 32.5 Å². The van der Waals surface area contributed by atoms with Gasteiger partial charge in [0.2, 0.25) is 0 Å². The number of halogens is 2. The van der Waals surface area contributed by atoms with Gasteiger partial charge in [0.05, 0.1) is 10.0 Å². The van der Waals surface area contributed by atoms with Crippen LogP contribution < -0.4 is 5.32 Å². The summed E-state index contributed by atoms with van der Waals surface area (Å²) < 4.78 is 0. The second kappa shape index (κ2) is 10.5. The topological polar surface area (TPSA) is 52.7 Å². The molecule has 0 radical (unpaired) electrons. The Balaban J connectivity index is 2.14. The quantitative estimate of drug-likeness (QED) is 0.597. The van der Waals surface area contributed by atoms with Crippen LogP contribution in [0.15, 0.2) is 42.5 Å². The van der Waals surface area contributed by atoms with Gasteiger partial charge >= 0.3 is 6.03 Å². The van der Waals surface area contributed by atoms with Crippen molar-refractivity contribution in [3.63, 3.8) is 0 Å². The van der Waals surface area contributed by atoms with Crippen LogP contribution in [0.1, 0.15) is 29.3 Å². The Bertz CT molecular complexity index is 840. The van der Waals surface area contributed by atoms with Crippen LogP contribution in [-0.2, 0) is 6.54 Å². The number of benzene rings is 2. The van der Waals surface area contributed by atoms with Crippen LogP contribution >= 0.6 is 23.2 Å². The molecule has 2 rings (SSSR count). The zero-order chi connectivity index (χ0) is 20.7. The van der Waals surface area contributed by atoms with E-state index in [0.717, 1.165) is 18.5 Å². The molecule has 2 amide bonds. The summed E-state index contributed by atoms with van der Waals surface area (Å²) in [5, 5.41) is 3.83. The van der Waals surface area contributed by atoms with E-state index in [-0.39, 0.29) is 11.8 Å². The van der Waals surface area contributed by atoms with E-state index in [1.807, 2.05) is 20.2 Å². The molecule has 0 aromatic heterocycles. The molecule has 2 aromatic rings. The Kier molecular flexibility index (Phi) is 8.30. The predicted octanol–water partition coefficient (Wildman–Crippen LogP) is 5.18. The Morgan fingerprint density at radius 1 is 1.00 bits per heavy atom. The highest BCUT2D eigenvalue weighted by Crippen LogP contribution is 2.23. The third kappa shape index (κ3) is 6.82. The number of nitrogens with one attached hydrogen (secondary N) is 1. The average molecular weight is 422 g/mol. The van der Waals surface area contributed by atoms with Crippen LogP contribution in [0.3, 0.4) is 0 Å². The molecular formula is C21H25Cl2N3O2. The second-order valence-corrected chi connectivity index (χ2v) is 7.71. The molecule has 0 atom stereocenters. The van der Waals surface area contributed by atoms with E-state index >= 15 is 0 Å². The molecular weight excluding hydrogens is 397 g/mol. The van der Waals surface area contributed by atoms with Gasteiger partial charge in [-0.05, 0) is 63.8 Å². The van der Waals surface area contributed by atoms with Crippen molar-refractivity contribution in [2.24, 2.45) is 0 Å². The molecule has 1 N–H and O–H groups in total. The molecule has 0 saturated heterocycles. The number of urea groups is 1. The Hall–Kier alpha value is -2.08. The van der Waals surface area contributed by atoms with E-state index in [1.165, 1.54) is 6.92 Å². The van der Waals surface area contributed by atoms with E-state index in [0.29, 0.717) is 34.4 Å². The summed E-state index contributed by atoms with van der Waals surface area (Å²) in [7, 11) is 3.99. The highest BCUT2D eigenvalue weighted by Gasteiger charge is 2.15. The van der Waals surface area contributed by atoms with Crippen molar-refractivity contribution in [3.05, 3.63) is 63.6 Å². The van der Waals surface area contributed by atoms with Gasteiger partial charge in [0.15, 0.2) is 5.78 Å². The van der Waals surface area contributed by atoms with Crippen LogP contribution in [0.2, 0.25) is 10.0 Å². The van der Waals surface area contributed by atoms with Crippen molar-refractivity contribution in [1.29, 1.82) is 0 Å². The molecule has 0 spiro atoms. The van der Waals surface area contributed by atoms with E-state index in [1.54, 1.807) is 41.3 Å². The van der Waals surface area contributed by atoms with Gasteiger partial charge in [-0.2, -0.15) is 0 Å². The minimum absolute atomic E-state index is 0.0465. The lowest BCUT2D eigenvalue weighted by atomic mass is 10.1. The first-order valence-corrected chi connectivity index (χ1v) is 9.77. The molecule has 0 fully saturated rings. The van der Waals surface area contributed by atoms with Crippen LogP contribution in [-0.4, -0.2) is 48.8 Å². The zero-order valence-corrected chi connectivity index (χ0v) is 17.8. The van der Waals surface area contributed by atoms with Gasteiger partial charge < -0.3 is 15.1 Å². The number of hydrogen-bond acceptors (Lipinski definition) is 3. The maximum atomic E-state index is 12.9. The molecule has 0 saturated carbocycles. The summed E-state index contributed by atoms with van der Waals surface area (Å²) in [6, 6.07) is 12.0. The molecule has 0 aliphatic heterocycles. The lowest BCUT2D eigenvalue weighted by molar-refractivity contribution is 0.101. The maximum Gasteiger partial charge on any atom is 0.322 e. The van der Waals surface area contributed by atoms with Crippen LogP contribution in [0, 0.1) is 0 Å². The van der Waals surface area contributed by atoms with Crippen LogP contribution in [0.25, 0.3) is 0 Å². The van der Waals surface area contributed by atoms with E-state index in [4.69, 9.17) is 23.2 Å². The minimum Gasteiger partial charge on any atom is -0.320 e. The smallest absolute Gasteiger partial charge is 0.320 e. The fourth-order valence-corrected chi connectivity index (χ4v) is 3.03. The van der Waals surface area contributed by atoms with Gasteiger partial charge in [-0.1, -0.05) is 41.4 Å². The fourth-order valence-electron chi connectivity index (χ4n) is 2.71. The number of amides is 2. The third-order valence-corrected chi connectivity index (χ3v) is 4.94. The molecule has 0 heterocycles. The molecule has 0 aliphatic carbocycles. The lowest BCUT2D eigenvalue weighted by Gasteiger charge is -2.24. The van der Waals surface area contributed by atoms with Crippen molar-refractivity contribution < 1.29 is 9.59 Å². The van der Waals surface area contributed by atoms with E-state index < -0.39 is 0 Å². The molecule has 0 bridgehead atoms. The molecule has 0 aliphatic rings. The maximum absolute atomic E-state index is 12.9. The number of hydrogen-bond donors (Lipinski definition) is 1. The highest BCUT2D eigenvalue weighted by molar-refractivity contribution is 6.42. The van der Waals surface area contributed by atoms with Gasteiger partial charge in [-0.15, -0.1) is 0 Å². The zero-order valence-electron chi connectivity index (χ0n) is 16.3. The number of anilines is 1. The van der Waals surface area contributed by atoms with Gasteiger partial charge in [0, 0.05) is 24.3 Å². The standard InChI is InChI=1S/C21H25Cl2N3O2/c1-15(27)17-6-4-7-18(13-17)24-21(28)26(11-5-10-25(2)3)14-16-8-9-19(22)20(23)12-16/h4,6-9,12-13H,5,10-11,14H2,1-3H3,(H,24,28). The predicted molar refractivity (Wildman–Crippen MR) is 116 cm³/mol. The number of carbonyl (C=O) groups excluding carboxylic acids is 2. The molecule has 0 unspecified atom stereocenters. The van der Waals surface area contributed by atoms with Crippen molar-refractivity contribution >= 4 is 40.7 Å². The van der Waals surface area contributed by atoms with E-state index in [9.17, 15) is 9.59 Å². The minimum atomic E-state index is -0.231. The molecule has 28 heavy (non-hydrogen) atoms. The molecule has 2 aromatic carbocycles. The fraction of sp³-hybridized carbons (Fsp3) is 0.333. The summed E-state index contributed by atoms with van der Waals surface area (Å²) in [6.45, 7) is 3.35.